The van der Waals surface area contributed by atoms with Crippen LogP contribution < -0.4 is 37.1 Å². The average Bonchev–Trinajstić information content (AvgIpc) is 1.09. The number of ether oxygens (including phenoxy) is 3. The number of unbranched alkanes of at least 4 members (excludes halogenated alkanes) is 1. The van der Waals surface area contributed by atoms with Crippen LogP contribution in [-0.4, -0.2) is 122 Å². The summed E-state index contributed by atoms with van der Waals surface area (Å²) in [5.41, 5.74) is 25.9. The van der Waals surface area contributed by atoms with E-state index in [9.17, 15) is 89.4 Å². The normalized spacial score (nSPS) is 11.4. The minimum atomic E-state index is -6.51. The molecule has 0 radical (unpaired) electrons. The molecule has 12 N–H and O–H groups in total. The average molecular weight is 1670 g/mol. The molecule has 14 rings (SSSR count). The summed E-state index contributed by atoms with van der Waals surface area (Å²) in [5.74, 6) is -19.4. The quantitative estimate of drug-likeness (QED) is 0.0218. The highest BCUT2D eigenvalue weighted by atomic mass is 19.4. The first-order valence-electron chi connectivity index (χ1n) is 34.8. The molecule has 14 aromatic rings. The van der Waals surface area contributed by atoms with E-state index in [0.29, 0.717) is 68.0 Å². The van der Waals surface area contributed by atoms with Crippen LogP contribution in [0.1, 0.15) is 62.2 Å². The van der Waals surface area contributed by atoms with Crippen LogP contribution in [0.2, 0.25) is 0 Å². The molecule has 4 aromatic heterocycles. The first kappa shape index (κ1) is 85.8. The highest BCUT2D eigenvalue weighted by molar-refractivity contribution is 5.92. The number of aromatic nitrogens is 12. The maximum Gasteiger partial charge on any atom is 0.573 e. The van der Waals surface area contributed by atoms with Crippen molar-refractivity contribution in [3.05, 3.63) is 271 Å². The van der Waals surface area contributed by atoms with Gasteiger partial charge >= 0.3 is 24.4 Å². The van der Waals surface area contributed by atoms with Gasteiger partial charge in [0, 0.05) is 61.7 Å². The number of H-pyrrole nitrogens is 4. The Hall–Kier alpha value is -15.1. The number of nitrogens with two attached hydrogens (primary N) is 4. The Bertz CT molecular complexity index is 6050. The van der Waals surface area contributed by atoms with Crippen LogP contribution in [0.3, 0.4) is 0 Å². The Morgan fingerprint density at radius 1 is 0.350 bits per heavy atom. The van der Waals surface area contributed by atoms with E-state index in [1.807, 2.05) is 18.2 Å². The molecule has 120 heavy (non-hydrogen) atoms. The molecule has 616 valence electrons. The molecule has 23 nitrogen and oxygen atoms in total. The molecule has 4 amide bonds. The smallest absolute Gasteiger partial charge is 0.493 e. The Morgan fingerprint density at radius 2 is 0.658 bits per heavy atom. The van der Waals surface area contributed by atoms with Crippen molar-refractivity contribution >= 4 is 23.6 Å². The number of alkyl halides is 10. The van der Waals surface area contributed by atoms with Crippen LogP contribution in [0.15, 0.2) is 212 Å². The Morgan fingerprint density at radius 3 is 0.983 bits per heavy atom. The molecule has 4 heterocycles. The molecule has 0 aliphatic carbocycles. The van der Waals surface area contributed by atoms with E-state index >= 15 is 0 Å². The van der Waals surface area contributed by atoms with Gasteiger partial charge in [-0.1, -0.05) is 110 Å². The number of carbonyl (C=O) groups is 4. The summed E-state index contributed by atoms with van der Waals surface area (Å²) in [6.07, 6.45) is -9.37. The molecule has 0 spiro atoms. The summed E-state index contributed by atoms with van der Waals surface area (Å²) < 4.78 is 228. The summed E-state index contributed by atoms with van der Waals surface area (Å²) in [5, 5.41) is 25.1. The molecule has 0 saturated carbocycles. The van der Waals surface area contributed by atoms with Crippen LogP contribution in [-0.2, 0) is 0 Å². The summed E-state index contributed by atoms with van der Waals surface area (Å²) in [6, 6.07) is 50.1. The zero-order valence-electron chi connectivity index (χ0n) is 61.3. The zero-order chi connectivity index (χ0) is 86.5. The SMILES string of the molecule is CCCCOc1ccccc1-c1cc(-c2n[nH]c(C(N)=O)n2)ccc1F.NC(=O)c1nc(-c2ccc(F)c(-c3ccccc3-c3cc(F)cc(F)c3)c2)n[nH]1.NC(=O)c1nc(-c2ccc(F)c(-c3ccccc3-c3ccc(OC(F)(F)F)cc3)c2)n[nH]1.NC(=O)c1nc(-c2ccc(F)c(-c3ccccc3OCC(F)(F)C(F)(F)C(F)(F)F)c2)n[nH]1. The van der Waals surface area contributed by atoms with Gasteiger partial charge in [-0.15, -0.1) is 13.2 Å². The maximum absolute atomic E-state index is 14.8. The number of amides is 4. The maximum atomic E-state index is 14.8. The van der Waals surface area contributed by atoms with Crippen molar-refractivity contribution < 1.29 is 104 Å². The fourth-order valence-corrected chi connectivity index (χ4v) is 11.4. The number of benzene rings is 10. The number of hydrogen-bond donors (Lipinski definition) is 8. The lowest BCUT2D eigenvalue weighted by Gasteiger charge is -2.28. The van der Waals surface area contributed by atoms with Gasteiger partial charge in [-0.25, -0.2) is 46.3 Å². The topological polar surface area (TPSA) is 366 Å². The number of aromatic amines is 4. The Labute approximate surface area is 665 Å². The van der Waals surface area contributed by atoms with Crippen LogP contribution in [0.5, 0.6) is 17.2 Å². The third-order valence-electron chi connectivity index (χ3n) is 17.1. The molecule has 0 aliphatic heterocycles. The molecule has 0 saturated heterocycles. The van der Waals surface area contributed by atoms with Gasteiger partial charge in [-0.05, 0) is 149 Å². The van der Waals surface area contributed by atoms with Gasteiger partial charge in [-0.2, -0.15) is 51.1 Å². The Balaban J connectivity index is 0.000000157. The predicted octanol–water partition coefficient (Wildman–Crippen LogP) is 17.4. The first-order valence-corrected chi connectivity index (χ1v) is 34.8. The zero-order valence-corrected chi connectivity index (χ0v) is 61.3. The van der Waals surface area contributed by atoms with E-state index in [0.717, 1.165) is 37.1 Å². The van der Waals surface area contributed by atoms with Gasteiger partial charge in [-0.3, -0.25) is 39.6 Å². The summed E-state index contributed by atoms with van der Waals surface area (Å²) in [6.45, 7) is 0.314. The molecule has 0 aliphatic rings. The molecule has 10 aromatic carbocycles. The second-order valence-electron chi connectivity index (χ2n) is 25.3. The molecular formula is C81H58F16N16O7. The van der Waals surface area contributed by atoms with Crippen molar-refractivity contribution in [1.82, 2.24) is 60.7 Å². The monoisotopic (exact) mass is 1670 g/mol. The third kappa shape index (κ3) is 20.4. The number of nitrogens with zero attached hydrogens (tertiary/aromatic N) is 8. The molecule has 0 unspecified atom stereocenters. The van der Waals surface area contributed by atoms with Crippen LogP contribution in [0, 0.1) is 34.9 Å². The van der Waals surface area contributed by atoms with Gasteiger partial charge in [0.2, 0.25) is 23.3 Å². The van der Waals surface area contributed by atoms with E-state index in [4.69, 9.17) is 27.7 Å². The number of primary amides is 4. The van der Waals surface area contributed by atoms with E-state index in [1.165, 1.54) is 103 Å². The van der Waals surface area contributed by atoms with Gasteiger partial charge < -0.3 is 37.1 Å². The molecular weight excluding hydrogens is 1610 g/mol. The number of hydrogen-bond acceptors (Lipinski definition) is 15. The lowest BCUT2D eigenvalue weighted by Crippen LogP contribution is -2.54. The van der Waals surface area contributed by atoms with Crippen LogP contribution >= 0.6 is 0 Å². The minimum Gasteiger partial charge on any atom is -0.493 e. The number of para-hydroxylation sites is 2. The standard InChI is InChI=1S/C22H14F4N4O2.C21H13F3N4O.C19H12F8N4O2.C19H19FN4O2/c23-18-10-7-13(20-28-21(19(27)31)30-29-20)11-17(18)16-4-2-1-3-15(16)12-5-8-14(9-6-12)32-22(24,25)26;22-13-7-12(8-14(23)10-13)15-3-1-2-4-16(15)17-9-11(5-6-18(17)24)20-26-21(19(25)29)28-27-20;20-12-6-5-9(15-29-16(14(28)32)31-30-15)7-11(12)10-3-1-2-4-13(10)33-8-17(21,22)18(23,24)19(25,26)27;1-2-3-10-26-16-7-5-4-6-13(16)14-11-12(8-9-15(14)20)18-22-19(17(21)25)24-23-18/h1-11H,(H2,27,31)(H,28,29,30);1-10H,(H2,25,29)(H,26,27,28);1-7H,8H2,(H2,28,32)(H,29,30,31);4-9,11H,2-3,10H2,1H3,(H2,21,25)(H,22,23,24). The van der Waals surface area contributed by atoms with Gasteiger partial charge in [0.1, 0.15) is 52.2 Å². The van der Waals surface area contributed by atoms with E-state index in [-0.39, 0.29) is 91.5 Å². The van der Waals surface area contributed by atoms with Crippen molar-refractivity contribution in [2.45, 2.75) is 44.1 Å². The first-order chi connectivity index (χ1) is 57.0. The van der Waals surface area contributed by atoms with Crippen molar-refractivity contribution in [1.29, 1.82) is 0 Å². The van der Waals surface area contributed by atoms with Crippen molar-refractivity contribution in [2.24, 2.45) is 22.9 Å². The Kier molecular flexibility index (Phi) is 26.0. The predicted molar refractivity (Wildman–Crippen MR) is 402 cm³/mol. The van der Waals surface area contributed by atoms with E-state index in [2.05, 4.69) is 77.1 Å². The summed E-state index contributed by atoms with van der Waals surface area (Å²) in [7, 11) is 0. The second kappa shape index (κ2) is 36.4. The van der Waals surface area contributed by atoms with E-state index in [1.54, 1.807) is 66.7 Å². The van der Waals surface area contributed by atoms with Gasteiger partial charge in [0.05, 0.1) is 6.61 Å². The highest BCUT2D eigenvalue weighted by Crippen LogP contribution is 2.48. The van der Waals surface area contributed by atoms with Crippen molar-refractivity contribution in [3.63, 3.8) is 0 Å². The minimum absolute atomic E-state index is 0.0471. The van der Waals surface area contributed by atoms with Gasteiger partial charge in [0.15, 0.2) is 29.9 Å². The molecule has 39 heteroatoms. The third-order valence-corrected chi connectivity index (χ3v) is 17.1. The number of nitrogens with one attached hydrogen (secondary N) is 4. The van der Waals surface area contributed by atoms with E-state index < -0.39 is 89.5 Å². The largest absolute Gasteiger partial charge is 0.573 e. The molecule has 0 atom stereocenters. The van der Waals surface area contributed by atoms with Crippen molar-refractivity contribution in [3.8, 4) is 130 Å². The summed E-state index contributed by atoms with van der Waals surface area (Å²) in [4.78, 5) is 60.6. The number of rotatable bonds is 23. The summed E-state index contributed by atoms with van der Waals surface area (Å²) >= 11 is 0. The lowest BCUT2D eigenvalue weighted by molar-refractivity contribution is -0.358. The van der Waals surface area contributed by atoms with Crippen LogP contribution in [0.25, 0.3) is 112 Å². The second-order valence-corrected chi connectivity index (χ2v) is 25.3. The fraction of sp³-hybridized carbons (Fsp3) is 0.111. The fourth-order valence-electron chi connectivity index (χ4n) is 11.4. The molecule has 0 fully saturated rings. The lowest BCUT2D eigenvalue weighted by atomic mass is 9.93. The van der Waals surface area contributed by atoms with Crippen molar-refractivity contribution in [2.75, 3.05) is 13.2 Å². The molecule has 0 bridgehead atoms. The van der Waals surface area contributed by atoms with Gasteiger partial charge in [0.25, 0.3) is 23.6 Å². The number of halogens is 16. The van der Waals surface area contributed by atoms with Crippen LogP contribution in [0.4, 0.5) is 70.2 Å². The number of carbonyl (C=O) groups excluding carboxylic acids is 4. The highest BCUT2D eigenvalue weighted by Gasteiger charge is 2.73.